The highest BCUT2D eigenvalue weighted by Gasteiger charge is 2.46. The third-order valence-electron chi connectivity index (χ3n) is 19.1. The molecule has 10 aromatic rings. The molecule has 4 aliphatic heterocycles. The molecule has 4 aliphatic rings. The summed E-state index contributed by atoms with van der Waals surface area (Å²) >= 11 is 0. The van der Waals surface area contributed by atoms with Crippen LogP contribution in [-0.4, -0.2) is 13.4 Å². The zero-order valence-corrected chi connectivity index (χ0v) is 49.9. The summed E-state index contributed by atoms with van der Waals surface area (Å²) in [6, 6.07) is 54.5. The minimum Gasteiger partial charge on any atom is -0.0664 e. The lowest BCUT2D eigenvalue weighted by atomic mass is 9.34. The average molecular weight is 1010 g/mol. The molecule has 0 unspecified atom stereocenters. The summed E-state index contributed by atoms with van der Waals surface area (Å²) in [6.07, 6.45) is 0. The molecule has 0 saturated heterocycles. The molecule has 0 bridgehead atoms. The first kappa shape index (κ1) is 49.6. The van der Waals surface area contributed by atoms with Gasteiger partial charge in [-0.15, -0.1) is 0 Å². The maximum atomic E-state index is 2.75. The Labute approximate surface area is 466 Å². The summed E-state index contributed by atoms with van der Waals surface area (Å²) in [6.45, 7) is 44.0. The largest absolute Gasteiger partial charge is 0.244 e. The monoisotopic (exact) mass is 1010 g/mol. The Morgan fingerprint density at radius 3 is 0.846 bits per heavy atom. The van der Waals surface area contributed by atoms with Crippen LogP contribution < -0.4 is 32.8 Å². The SMILES string of the molecule is CC(C)(C)c1cc(C(C)(C)C)c(-c2cc3c4c(cc5c(-c6c(C(C)(C)C)cc(C(C)(C)C)cc6C(C)(C)C)cc6c7c(cc2c4c57)B2c4ccccc4-c4cccc-6c42)B2c4ccccc4-c4cccc-3c42)c(C(C)(C)C)c1. The average Bonchev–Trinajstić information content (AvgIpc) is 2.04. The molecule has 2 heteroatoms. The predicted molar refractivity (Wildman–Crippen MR) is 344 cm³/mol. The zero-order valence-electron chi connectivity index (χ0n) is 49.9. The first-order chi connectivity index (χ1) is 36.5. The van der Waals surface area contributed by atoms with E-state index >= 15 is 0 Å². The molecule has 0 atom stereocenters. The second kappa shape index (κ2) is 15.6. The van der Waals surface area contributed by atoms with Crippen LogP contribution in [-0.2, 0) is 32.5 Å². The molecule has 0 radical (unpaired) electrons. The normalized spacial score (nSPS) is 14.5. The van der Waals surface area contributed by atoms with Crippen molar-refractivity contribution in [3.63, 3.8) is 0 Å². The Morgan fingerprint density at radius 2 is 0.538 bits per heavy atom. The van der Waals surface area contributed by atoms with Gasteiger partial charge in [0, 0.05) is 0 Å². The quantitative estimate of drug-likeness (QED) is 0.120. The van der Waals surface area contributed by atoms with E-state index in [-0.39, 0.29) is 45.9 Å². The highest BCUT2D eigenvalue weighted by Crippen LogP contribution is 2.55. The van der Waals surface area contributed by atoms with Crippen LogP contribution in [0.5, 0.6) is 0 Å². The minimum absolute atomic E-state index is 0.0302. The number of rotatable bonds is 2. The molecule has 0 N–H and O–H groups in total. The lowest BCUT2D eigenvalue weighted by Gasteiger charge is -2.37. The van der Waals surface area contributed by atoms with Crippen molar-refractivity contribution in [3.8, 4) is 66.8 Å². The summed E-state index contributed by atoms with van der Waals surface area (Å²) in [7, 11) is 0. The Morgan fingerprint density at radius 1 is 0.244 bits per heavy atom. The lowest BCUT2D eigenvalue weighted by Crippen LogP contribution is -2.52. The Balaban J connectivity index is 1.29. The van der Waals surface area contributed by atoms with Crippen LogP contribution in [0.25, 0.3) is 99.1 Å². The minimum atomic E-state index is -0.150. The lowest BCUT2D eigenvalue weighted by molar-refractivity contribution is 0.550. The molecular formula is C76H76B2. The molecule has 0 saturated carbocycles. The van der Waals surface area contributed by atoms with Gasteiger partial charge >= 0.3 is 0 Å². The van der Waals surface area contributed by atoms with Crippen molar-refractivity contribution in [2.45, 2.75) is 157 Å². The standard InChI is InChI=1S/C76H76B2/c1-71(2,3)41-33-55(73(7,8)9)63(56(34-41)74(10,11)12)51-37-49-47-29-23-27-45-43-25-20-22-32-60(43)78(69(45)47)62-40-54-52(64-57(75(13,14)15)35-42(72(4,5)6)36-58(64)76(16,17)18)38-50-48-30-24-28-46-44-26-19-21-31-59(44)77(70(46)48)61-39-53(51)67(65(49)62)68(54)66(50)61/h19-40H,1-18H3. The van der Waals surface area contributed by atoms with Gasteiger partial charge in [-0.25, -0.2) is 0 Å². The van der Waals surface area contributed by atoms with E-state index < -0.39 is 0 Å². The van der Waals surface area contributed by atoms with E-state index in [2.05, 4.69) is 258 Å². The molecule has 0 fully saturated rings. The van der Waals surface area contributed by atoms with E-state index in [0.29, 0.717) is 0 Å². The molecule has 10 aromatic carbocycles. The number of benzene rings is 10. The van der Waals surface area contributed by atoms with Gasteiger partial charge in [0.05, 0.1) is 0 Å². The van der Waals surface area contributed by atoms with Crippen molar-refractivity contribution in [2.75, 3.05) is 0 Å². The number of fused-ring (bicyclic) bond motifs is 10. The summed E-state index contributed by atoms with van der Waals surface area (Å²) in [5, 5.41) is 8.51. The van der Waals surface area contributed by atoms with Gasteiger partial charge in [0.2, 0.25) is 13.4 Å². The molecule has 0 nitrogen and oxygen atoms in total. The van der Waals surface area contributed by atoms with E-state index in [0.717, 1.165) is 0 Å². The van der Waals surface area contributed by atoms with Crippen molar-refractivity contribution in [3.05, 3.63) is 167 Å². The first-order valence-corrected chi connectivity index (χ1v) is 29.2. The number of hydrogen-bond donors (Lipinski definition) is 0. The van der Waals surface area contributed by atoms with Gasteiger partial charge in [-0.3, -0.25) is 0 Å². The molecule has 4 heterocycles. The molecular weight excluding hydrogens is 934 g/mol. The maximum Gasteiger partial charge on any atom is 0.244 e. The summed E-state index contributed by atoms with van der Waals surface area (Å²) in [5.74, 6) is 0. The fraction of sp³-hybridized carbons (Fsp3) is 0.316. The van der Waals surface area contributed by atoms with E-state index in [9.17, 15) is 0 Å². The topological polar surface area (TPSA) is 0 Å². The van der Waals surface area contributed by atoms with Crippen LogP contribution in [0.4, 0.5) is 0 Å². The number of hydrogen-bond acceptors (Lipinski definition) is 0. The third-order valence-corrected chi connectivity index (χ3v) is 19.1. The van der Waals surface area contributed by atoms with Gasteiger partial charge in [0.15, 0.2) is 0 Å². The molecule has 0 aliphatic carbocycles. The second-order valence-corrected chi connectivity index (χ2v) is 30.4. The fourth-order valence-electron chi connectivity index (χ4n) is 15.3. The van der Waals surface area contributed by atoms with Crippen LogP contribution in [0, 0.1) is 0 Å². The molecule has 78 heavy (non-hydrogen) atoms. The van der Waals surface area contributed by atoms with Crippen molar-refractivity contribution in [2.24, 2.45) is 0 Å². The molecule has 14 rings (SSSR count). The van der Waals surface area contributed by atoms with Crippen LogP contribution in [0.15, 0.2) is 133 Å². The first-order valence-electron chi connectivity index (χ1n) is 29.2. The van der Waals surface area contributed by atoms with Gasteiger partial charge in [-0.05, 0) is 177 Å². The Bertz CT molecular complexity index is 3950. The predicted octanol–water partition coefficient (Wildman–Crippen LogP) is 16.7. The summed E-state index contributed by atoms with van der Waals surface area (Å²) < 4.78 is 0. The van der Waals surface area contributed by atoms with Crippen LogP contribution in [0.3, 0.4) is 0 Å². The van der Waals surface area contributed by atoms with Crippen molar-refractivity contribution in [1.82, 2.24) is 0 Å². The van der Waals surface area contributed by atoms with Crippen LogP contribution >= 0.6 is 0 Å². The van der Waals surface area contributed by atoms with Crippen molar-refractivity contribution in [1.29, 1.82) is 0 Å². The van der Waals surface area contributed by atoms with Gasteiger partial charge in [-0.2, -0.15) is 0 Å². The van der Waals surface area contributed by atoms with Crippen LogP contribution in [0.2, 0.25) is 0 Å². The maximum absolute atomic E-state index is 2.75. The Hall–Kier alpha value is -6.63. The highest BCUT2D eigenvalue weighted by atomic mass is 14.4. The summed E-state index contributed by atoms with van der Waals surface area (Å²) in [5.41, 5.74) is 33.2. The molecule has 0 spiro atoms. The molecule has 386 valence electrons. The van der Waals surface area contributed by atoms with E-state index in [1.54, 1.807) is 0 Å². The molecule has 0 amide bonds. The van der Waals surface area contributed by atoms with E-state index in [1.807, 2.05) is 0 Å². The van der Waals surface area contributed by atoms with Gasteiger partial charge in [-0.1, -0.05) is 279 Å². The summed E-state index contributed by atoms with van der Waals surface area (Å²) in [4.78, 5) is 0. The van der Waals surface area contributed by atoms with E-state index in [4.69, 9.17) is 0 Å². The van der Waals surface area contributed by atoms with Gasteiger partial charge in [0.25, 0.3) is 0 Å². The zero-order chi connectivity index (χ0) is 55.0. The fourth-order valence-corrected chi connectivity index (χ4v) is 15.3. The van der Waals surface area contributed by atoms with Crippen molar-refractivity contribution < 1.29 is 0 Å². The van der Waals surface area contributed by atoms with Crippen molar-refractivity contribution >= 4 is 78.5 Å². The Kier molecular flexibility index (Phi) is 9.92. The van der Waals surface area contributed by atoms with Gasteiger partial charge in [0.1, 0.15) is 0 Å². The smallest absolute Gasteiger partial charge is 0.0664 e. The highest BCUT2D eigenvalue weighted by molar-refractivity contribution is 7.03. The van der Waals surface area contributed by atoms with Crippen LogP contribution in [0.1, 0.15) is 158 Å². The molecule has 0 aromatic heterocycles. The third kappa shape index (κ3) is 6.74. The second-order valence-electron chi connectivity index (χ2n) is 30.4. The van der Waals surface area contributed by atoms with Gasteiger partial charge < -0.3 is 0 Å². The van der Waals surface area contributed by atoms with E-state index in [1.165, 1.54) is 165 Å².